The molecule has 158 valence electrons. The van der Waals surface area contributed by atoms with E-state index in [1.54, 1.807) is 30.5 Å². The molecule has 0 spiro atoms. The normalized spacial score (nSPS) is 10.9. The number of nitrogen functional groups attached to an aromatic ring is 1. The van der Waals surface area contributed by atoms with Crippen molar-refractivity contribution in [1.29, 1.82) is 5.41 Å². The monoisotopic (exact) mass is 418 g/mol. The number of H-pyrrole nitrogens is 2. The number of fused-ring (bicyclic) bond motifs is 1. The molecule has 2 aromatic carbocycles. The minimum absolute atomic E-state index is 0.0177. The lowest BCUT2D eigenvalue weighted by Gasteiger charge is -2.26. The van der Waals surface area contributed by atoms with Crippen LogP contribution in [0.3, 0.4) is 0 Å². The van der Waals surface area contributed by atoms with E-state index in [1.165, 1.54) is 6.21 Å². The Morgan fingerprint density at radius 3 is 2.84 bits per heavy atom. The SMILES string of the molecule is N=Cc1c(N)cccc1N(CCCO)c1ccnc(Nc2ccc3[nH]c(=O)[nH]c3c2)n1. The first kappa shape index (κ1) is 20.1. The van der Waals surface area contributed by atoms with Crippen molar-refractivity contribution >= 4 is 46.1 Å². The van der Waals surface area contributed by atoms with E-state index in [1.807, 2.05) is 23.1 Å². The van der Waals surface area contributed by atoms with Crippen LogP contribution in [0.25, 0.3) is 11.0 Å². The van der Waals surface area contributed by atoms with Crippen molar-refractivity contribution in [1.82, 2.24) is 19.9 Å². The standard InChI is InChI=1S/C21H22N8O2/c22-12-14-15(23)3-1-4-18(14)29(9-2-10-30)19-7-8-24-20(28-19)25-13-5-6-16-17(11-13)27-21(31)26-16/h1,3-8,11-12,22,30H,2,9-10,23H2,(H,24,25,28)(H2,26,27,31). The summed E-state index contributed by atoms with van der Waals surface area (Å²) in [5.74, 6) is 0.958. The van der Waals surface area contributed by atoms with Crippen molar-refractivity contribution in [2.24, 2.45) is 0 Å². The van der Waals surface area contributed by atoms with E-state index in [0.29, 0.717) is 52.7 Å². The number of anilines is 5. The van der Waals surface area contributed by atoms with Gasteiger partial charge in [-0.25, -0.2) is 9.78 Å². The largest absolute Gasteiger partial charge is 0.398 e. The van der Waals surface area contributed by atoms with Gasteiger partial charge in [-0.1, -0.05) is 6.07 Å². The summed E-state index contributed by atoms with van der Waals surface area (Å²) in [6, 6.07) is 12.6. The highest BCUT2D eigenvalue weighted by atomic mass is 16.3. The summed E-state index contributed by atoms with van der Waals surface area (Å²) < 4.78 is 0. The molecule has 4 aromatic rings. The number of aromatic amines is 2. The minimum atomic E-state index is -0.269. The Labute approximate surface area is 177 Å². The number of nitrogens with one attached hydrogen (secondary N) is 4. The Bertz CT molecular complexity index is 1280. The van der Waals surface area contributed by atoms with Crippen LogP contribution in [0.5, 0.6) is 0 Å². The maximum Gasteiger partial charge on any atom is 0.323 e. The van der Waals surface area contributed by atoms with Crippen LogP contribution in [0.1, 0.15) is 12.0 Å². The molecule has 2 heterocycles. The molecule has 10 heteroatoms. The lowest BCUT2D eigenvalue weighted by molar-refractivity contribution is 0.290. The van der Waals surface area contributed by atoms with E-state index in [-0.39, 0.29) is 12.3 Å². The molecule has 0 radical (unpaired) electrons. The number of aliphatic hydroxyl groups is 1. The fourth-order valence-electron chi connectivity index (χ4n) is 3.35. The number of nitrogens with two attached hydrogens (primary N) is 1. The summed E-state index contributed by atoms with van der Waals surface area (Å²) in [6.45, 7) is 0.498. The summed E-state index contributed by atoms with van der Waals surface area (Å²) in [4.78, 5) is 27.7. The van der Waals surface area contributed by atoms with E-state index < -0.39 is 0 Å². The van der Waals surface area contributed by atoms with Crippen molar-refractivity contribution in [3.8, 4) is 0 Å². The van der Waals surface area contributed by atoms with Crippen LogP contribution in [0, 0.1) is 5.41 Å². The average molecular weight is 418 g/mol. The molecular formula is C21H22N8O2. The van der Waals surface area contributed by atoms with Gasteiger partial charge in [-0.15, -0.1) is 0 Å². The van der Waals surface area contributed by atoms with Crippen molar-refractivity contribution in [2.75, 3.05) is 29.1 Å². The number of nitrogens with zero attached hydrogens (tertiary/aromatic N) is 3. The van der Waals surface area contributed by atoms with E-state index in [2.05, 4.69) is 25.3 Å². The fourth-order valence-corrected chi connectivity index (χ4v) is 3.35. The summed E-state index contributed by atoms with van der Waals surface area (Å²) in [5, 5.41) is 20.3. The van der Waals surface area contributed by atoms with Gasteiger partial charge in [-0.05, 0) is 42.8 Å². The number of hydrogen-bond donors (Lipinski definition) is 6. The van der Waals surface area contributed by atoms with Crippen LogP contribution in [-0.2, 0) is 0 Å². The third-order valence-corrected chi connectivity index (χ3v) is 4.78. The number of aromatic nitrogens is 4. The first-order valence-corrected chi connectivity index (χ1v) is 9.68. The second kappa shape index (κ2) is 8.67. The molecule has 0 bridgehead atoms. The number of imidazole rings is 1. The molecule has 0 amide bonds. The zero-order valence-corrected chi connectivity index (χ0v) is 16.6. The van der Waals surface area contributed by atoms with E-state index in [9.17, 15) is 9.90 Å². The van der Waals surface area contributed by atoms with Crippen molar-refractivity contribution in [3.63, 3.8) is 0 Å². The highest BCUT2D eigenvalue weighted by Crippen LogP contribution is 2.30. The second-order valence-corrected chi connectivity index (χ2v) is 6.86. The molecule has 31 heavy (non-hydrogen) atoms. The summed E-state index contributed by atoms with van der Waals surface area (Å²) >= 11 is 0. The number of hydrogen-bond acceptors (Lipinski definition) is 8. The summed E-state index contributed by atoms with van der Waals surface area (Å²) in [6.07, 6.45) is 3.35. The predicted molar refractivity (Wildman–Crippen MR) is 122 cm³/mol. The Morgan fingerprint density at radius 2 is 2.03 bits per heavy atom. The first-order valence-electron chi connectivity index (χ1n) is 9.68. The van der Waals surface area contributed by atoms with E-state index >= 15 is 0 Å². The molecule has 0 aliphatic rings. The highest BCUT2D eigenvalue weighted by molar-refractivity contribution is 5.94. The molecule has 0 saturated carbocycles. The molecule has 7 N–H and O–H groups in total. The first-order chi connectivity index (χ1) is 15.1. The van der Waals surface area contributed by atoms with Crippen molar-refractivity contribution in [3.05, 3.63) is 64.7 Å². The number of rotatable bonds is 8. The van der Waals surface area contributed by atoms with Crippen LogP contribution in [0.2, 0.25) is 0 Å². The minimum Gasteiger partial charge on any atom is -0.398 e. The zero-order chi connectivity index (χ0) is 21.8. The third-order valence-electron chi connectivity index (χ3n) is 4.78. The number of benzene rings is 2. The van der Waals surface area contributed by atoms with Crippen LogP contribution in [-0.4, -0.2) is 44.4 Å². The maximum atomic E-state index is 11.5. The molecule has 0 unspecified atom stereocenters. The Kier molecular flexibility index (Phi) is 5.63. The van der Waals surface area contributed by atoms with E-state index in [4.69, 9.17) is 11.1 Å². The molecule has 0 aliphatic heterocycles. The van der Waals surface area contributed by atoms with Gasteiger partial charge in [0.05, 0.1) is 16.7 Å². The topological polar surface area (TPSA) is 160 Å². The second-order valence-electron chi connectivity index (χ2n) is 6.86. The summed E-state index contributed by atoms with van der Waals surface area (Å²) in [7, 11) is 0. The lowest BCUT2D eigenvalue weighted by Crippen LogP contribution is -2.22. The van der Waals surface area contributed by atoms with Gasteiger partial charge >= 0.3 is 5.69 Å². The lowest BCUT2D eigenvalue weighted by atomic mass is 10.1. The molecule has 4 rings (SSSR count). The van der Waals surface area contributed by atoms with Crippen molar-refractivity contribution in [2.45, 2.75) is 6.42 Å². The predicted octanol–water partition coefficient (Wildman–Crippen LogP) is 2.49. The molecule has 0 aliphatic carbocycles. The van der Waals surface area contributed by atoms with Gasteiger partial charge in [-0.2, -0.15) is 4.98 Å². The Morgan fingerprint density at radius 1 is 1.19 bits per heavy atom. The smallest absolute Gasteiger partial charge is 0.323 e. The van der Waals surface area contributed by atoms with Gasteiger partial charge < -0.3 is 36.4 Å². The van der Waals surface area contributed by atoms with Gasteiger partial charge in [0.15, 0.2) is 0 Å². The average Bonchev–Trinajstić information content (AvgIpc) is 3.14. The zero-order valence-electron chi connectivity index (χ0n) is 16.6. The van der Waals surface area contributed by atoms with Gasteiger partial charge in [0.2, 0.25) is 5.95 Å². The third kappa shape index (κ3) is 4.23. The van der Waals surface area contributed by atoms with Gasteiger partial charge in [-0.3, -0.25) is 0 Å². The van der Waals surface area contributed by atoms with Crippen LogP contribution in [0.4, 0.5) is 28.8 Å². The van der Waals surface area contributed by atoms with Gasteiger partial charge in [0.25, 0.3) is 0 Å². The maximum absolute atomic E-state index is 11.5. The molecule has 0 fully saturated rings. The van der Waals surface area contributed by atoms with E-state index in [0.717, 1.165) is 5.69 Å². The Hall–Kier alpha value is -4.18. The Balaban J connectivity index is 1.68. The van der Waals surface area contributed by atoms with Gasteiger partial charge in [0, 0.05) is 42.5 Å². The number of aliphatic hydroxyl groups excluding tert-OH is 1. The van der Waals surface area contributed by atoms with Crippen LogP contribution < -0.4 is 21.6 Å². The molecule has 0 atom stereocenters. The van der Waals surface area contributed by atoms with Crippen molar-refractivity contribution < 1.29 is 5.11 Å². The molecule has 10 nitrogen and oxygen atoms in total. The molecule has 0 saturated heterocycles. The van der Waals surface area contributed by atoms with Crippen LogP contribution in [0.15, 0.2) is 53.5 Å². The quantitative estimate of drug-likeness (QED) is 0.189. The fraction of sp³-hybridized carbons (Fsp3) is 0.143. The van der Waals surface area contributed by atoms with Gasteiger partial charge in [0.1, 0.15) is 5.82 Å². The highest BCUT2D eigenvalue weighted by Gasteiger charge is 2.16. The van der Waals surface area contributed by atoms with Crippen LogP contribution >= 0.6 is 0 Å². The summed E-state index contributed by atoms with van der Waals surface area (Å²) in [5.41, 5.74) is 9.67. The molecule has 2 aromatic heterocycles. The molecular weight excluding hydrogens is 396 g/mol.